The van der Waals surface area contributed by atoms with Crippen molar-refractivity contribution in [3.63, 3.8) is 0 Å². The van der Waals surface area contributed by atoms with Crippen molar-refractivity contribution in [3.05, 3.63) is 36.5 Å². The van der Waals surface area contributed by atoms with Crippen molar-refractivity contribution < 1.29 is 9.59 Å². The molecule has 0 spiro atoms. The number of rotatable bonds is 3. The molecule has 2 heterocycles. The van der Waals surface area contributed by atoms with Gasteiger partial charge in [-0.05, 0) is 26.3 Å². The predicted octanol–water partition coefficient (Wildman–Crippen LogP) is 2.85. The van der Waals surface area contributed by atoms with Crippen molar-refractivity contribution in [3.8, 4) is 11.1 Å². The number of hydrogen-bond acceptors (Lipinski definition) is 4. The van der Waals surface area contributed by atoms with Gasteiger partial charge in [-0.25, -0.2) is 9.69 Å². The van der Waals surface area contributed by atoms with Gasteiger partial charge in [-0.2, -0.15) is 10.2 Å². The summed E-state index contributed by atoms with van der Waals surface area (Å²) in [4.78, 5) is 24.3. The molecule has 26 heavy (non-hydrogen) atoms. The van der Waals surface area contributed by atoms with E-state index in [2.05, 4.69) is 15.5 Å². The molecule has 0 fully saturated rings. The maximum Gasteiger partial charge on any atom is 0.273 e. The highest BCUT2D eigenvalue weighted by Crippen LogP contribution is 2.31. The number of amides is 2. The Morgan fingerprint density at radius 1 is 1.15 bits per heavy atom. The molecule has 1 aromatic carbocycles. The first-order valence-electron chi connectivity index (χ1n) is 8.56. The zero-order chi connectivity index (χ0) is 18.9. The van der Waals surface area contributed by atoms with E-state index in [1.807, 2.05) is 51.1 Å². The van der Waals surface area contributed by atoms with E-state index in [-0.39, 0.29) is 23.8 Å². The average molecular weight is 353 g/mol. The maximum atomic E-state index is 12.8. The van der Waals surface area contributed by atoms with Crippen LogP contribution < -0.4 is 5.32 Å². The molecule has 2 amide bonds. The van der Waals surface area contributed by atoms with Crippen molar-refractivity contribution in [2.45, 2.75) is 39.2 Å². The fraction of sp³-hybridized carbons (Fsp3) is 0.368. The van der Waals surface area contributed by atoms with Gasteiger partial charge in [-0.3, -0.25) is 9.59 Å². The summed E-state index contributed by atoms with van der Waals surface area (Å²) in [6.45, 7) is 6.07. The van der Waals surface area contributed by atoms with Crippen LogP contribution in [0.3, 0.4) is 0 Å². The number of benzene rings is 1. The first-order chi connectivity index (χ1) is 12.3. The van der Waals surface area contributed by atoms with Crippen molar-refractivity contribution >= 4 is 23.3 Å². The highest BCUT2D eigenvalue weighted by molar-refractivity contribution is 6.43. The van der Waals surface area contributed by atoms with E-state index in [4.69, 9.17) is 0 Å². The SMILES string of the molecule is CN1N=C(C(=O)Nc2c(-c3ccccc3)cnn2C(C)(C)C)CCC1=O. The maximum absolute atomic E-state index is 12.8. The molecule has 3 rings (SSSR count). The van der Waals surface area contributed by atoms with E-state index in [1.165, 1.54) is 5.01 Å². The Morgan fingerprint density at radius 3 is 2.46 bits per heavy atom. The molecule has 0 radical (unpaired) electrons. The molecule has 0 bridgehead atoms. The monoisotopic (exact) mass is 353 g/mol. The molecule has 0 saturated carbocycles. The van der Waals surface area contributed by atoms with Crippen molar-refractivity contribution in [2.24, 2.45) is 5.10 Å². The third kappa shape index (κ3) is 3.51. The number of carbonyl (C=O) groups excluding carboxylic acids is 2. The van der Waals surface area contributed by atoms with Gasteiger partial charge in [0.1, 0.15) is 11.5 Å². The van der Waals surface area contributed by atoms with Gasteiger partial charge in [0.25, 0.3) is 5.91 Å². The molecule has 2 aromatic rings. The first-order valence-corrected chi connectivity index (χ1v) is 8.56. The summed E-state index contributed by atoms with van der Waals surface area (Å²) < 4.78 is 1.80. The van der Waals surface area contributed by atoms with Crippen LogP contribution in [0, 0.1) is 0 Å². The Morgan fingerprint density at radius 2 is 1.85 bits per heavy atom. The van der Waals surface area contributed by atoms with Crippen LogP contribution in [-0.2, 0) is 15.1 Å². The highest BCUT2D eigenvalue weighted by atomic mass is 16.2. The van der Waals surface area contributed by atoms with E-state index in [0.717, 1.165) is 11.1 Å². The molecule has 1 aromatic heterocycles. The summed E-state index contributed by atoms with van der Waals surface area (Å²) in [5, 5.41) is 12.8. The minimum atomic E-state index is -0.312. The van der Waals surface area contributed by atoms with Crippen molar-refractivity contribution in [2.75, 3.05) is 12.4 Å². The zero-order valence-corrected chi connectivity index (χ0v) is 15.5. The number of aromatic nitrogens is 2. The van der Waals surface area contributed by atoms with Gasteiger partial charge in [0.05, 0.1) is 11.7 Å². The van der Waals surface area contributed by atoms with Gasteiger partial charge >= 0.3 is 0 Å². The lowest BCUT2D eigenvalue weighted by atomic mass is 10.1. The summed E-state index contributed by atoms with van der Waals surface area (Å²) >= 11 is 0. The normalized spacial score (nSPS) is 15.0. The molecule has 1 N–H and O–H groups in total. The average Bonchev–Trinajstić information content (AvgIpc) is 3.02. The van der Waals surface area contributed by atoms with Crippen LogP contribution in [0.1, 0.15) is 33.6 Å². The Labute approximate surface area is 152 Å². The minimum Gasteiger partial charge on any atom is -0.305 e. The molecule has 136 valence electrons. The second-order valence-corrected chi connectivity index (χ2v) is 7.27. The number of hydrogen-bond donors (Lipinski definition) is 1. The van der Waals surface area contributed by atoms with E-state index >= 15 is 0 Å². The standard InChI is InChI=1S/C19H23N5O2/c1-19(2,3)24-17(14(12-20-24)13-8-6-5-7-9-13)21-18(26)15-10-11-16(25)23(4)22-15/h5-9,12H,10-11H2,1-4H3,(H,21,26). The largest absolute Gasteiger partial charge is 0.305 e. The van der Waals surface area contributed by atoms with Gasteiger partial charge in [-0.15, -0.1) is 0 Å². The van der Waals surface area contributed by atoms with Gasteiger partial charge in [0.15, 0.2) is 0 Å². The minimum absolute atomic E-state index is 0.0914. The molecule has 0 unspecified atom stereocenters. The third-order valence-corrected chi connectivity index (χ3v) is 4.19. The Balaban J connectivity index is 1.98. The van der Waals surface area contributed by atoms with Crippen LogP contribution in [0.15, 0.2) is 41.6 Å². The molecule has 0 atom stereocenters. The molecular weight excluding hydrogens is 330 g/mol. The van der Waals surface area contributed by atoms with E-state index < -0.39 is 0 Å². The molecule has 7 heteroatoms. The first kappa shape index (κ1) is 17.8. The molecular formula is C19H23N5O2. The molecule has 0 aliphatic carbocycles. The van der Waals surface area contributed by atoms with E-state index in [1.54, 1.807) is 17.9 Å². The lowest BCUT2D eigenvalue weighted by Gasteiger charge is -2.24. The number of hydrazone groups is 1. The summed E-state index contributed by atoms with van der Waals surface area (Å²) in [7, 11) is 1.56. The fourth-order valence-electron chi connectivity index (χ4n) is 2.82. The fourth-order valence-corrected chi connectivity index (χ4v) is 2.82. The Bertz CT molecular complexity index is 862. The Hall–Kier alpha value is -2.96. The molecule has 1 aliphatic rings. The number of nitrogens with zero attached hydrogens (tertiary/aromatic N) is 4. The van der Waals surface area contributed by atoms with Gasteiger partial charge in [0.2, 0.25) is 5.91 Å². The lowest BCUT2D eigenvalue weighted by Crippen LogP contribution is -2.35. The number of nitrogens with one attached hydrogen (secondary N) is 1. The topological polar surface area (TPSA) is 79.6 Å². The number of anilines is 1. The molecule has 1 aliphatic heterocycles. The predicted molar refractivity (Wildman–Crippen MR) is 101 cm³/mol. The van der Waals surface area contributed by atoms with Crippen molar-refractivity contribution in [1.29, 1.82) is 0 Å². The van der Waals surface area contributed by atoms with Gasteiger partial charge in [-0.1, -0.05) is 30.3 Å². The molecule has 7 nitrogen and oxygen atoms in total. The highest BCUT2D eigenvalue weighted by Gasteiger charge is 2.26. The second kappa shape index (κ2) is 6.74. The van der Waals surface area contributed by atoms with Crippen LogP contribution in [0.25, 0.3) is 11.1 Å². The van der Waals surface area contributed by atoms with Crippen LogP contribution in [0.2, 0.25) is 0 Å². The molecule has 0 saturated heterocycles. The van der Waals surface area contributed by atoms with Crippen LogP contribution >= 0.6 is 0 Å². The lowest BCUT2D eigenvalue weighted by molar-refractivity contribution is -0.130. The smallest absolute Gasteiger partial charge is 0.273 e. The quantitative estimate of drug-likeness (QED) is 0.921. The van der Waals surface area contributed by atoms with E-state index in [9.17, 15) is 9.59 Å². The summed E-state index contributed by atoms with van der Waals surface area (Å²) in [5.41, 5.74) is 1.84. The van der Waals surface area contributed by atoms with Crippen LogP contribution in [-0.4, -0.2) is 39.4 Å². The van der Waals surface area contributed by atoms with Crippen molar-refractivity contribution in [1.82, 2.24) is 14.8 Å². The van der Waals surface area contributed by atoms with Gasteiger partial charge in [0, 0.05) is 25.5 Å². The van der Waals surface area contributed by atoms with Gasteiger partial charge < -0.3 is 5.32 Å². The van der Waals surface area contributed by atoms with Crippen LogP contribution in [0.4, 0.5) is 5.82 Å². The number of carbonyl (C=O) groups is 2. The Kier molecular flexibility index (Phi) is 4.63. The zero-order valence-electron chi connectivity index (χ0n) is 15.5. The third-order valence-electron chi connectivity index (χ3n) is 4.19. The second-order valence-electron chi connectivity index (χ2n) is 7.27. The van der Waals surface area contributed by atoms with E-state index in [0.29, 0.717) is 18.0 Å². The summed E-state index contributed by atoms with van der Waals surface area (Å²) in [6.07, 6.45) is 2.38. The summed E-state index contributed by atoms with van der Waals surface area (Å²) in [6, 6.07) is 9.79. The van der Waals surface area contributed by atoms with Crippen LogP contribution in [0.5, 0.6) is 0 Å². The summed E-state index contributed by atoms with van der Waals surface area (Å²) in [5.74, 6) is 0.217.